The summed E-state index contributed by atoms with van der Waals surface area (Å²) in [6.07, 6.45) is 0.779. The lowest BCUT2D eigenvalue weighted by Crippen LogP contribution is -2.69. The molecule has 0 atom stereocenters. The van der Waals surface area contributed by atoms with Crippen molar-refractivity contribution in [3.8, 4) is 0 Å². The van der Waals surface area contributed by atoms with Crippen LogP contribution in [-0.2, 0) is 4.12 Å². The first-order chi connectivity index (χ1) is 5.23. The molecule has 0 aromatic heterocycles. The van der Waals surface area contributed by atoms with E-state index in [9.17, 15) is 0 Å². The lowest BCUT2D eigenvalue weighted by molar-refractivity contribution is 0.458. The van der Waals surface area contributed by atoms with Gasteiger partial charge in [0.25, 0.3) is 0 Å². The van der Waals surface area contributed by atoms with E-state index < -0.39 is 22.6 Å². The molecule has 3 nitrogen and oxygen atoms in total. The van der Waals surface area contributed by atoms with Gasteiger partial charge < -0.3 is 15.6 Å². The number of nitrogens with two attached hydrogens (primary N) is 2. The maximum atomic E-state index is 5.97. The minimum absolute atomic E-state index is 0.588. The Bertz CT molecular complexity index is 148. The summed E-state index contributed by atoms with van der Waals surface area (Å²) in [5.74, 6) is 0. The van der Waals surface area contributed by atoms with Crippen LogP contribution in [0.1, 0.15) is 13.3 Å². The average molecular weight is 205 g/mol. The third kappa shape index (κ3) is 2.98. The summed E-state index contributed by atoms with van der Waals surface area (Å²) < 4.78 is 5.88. The van der Waals surface area contributed by atoms with Gasteiger partial charge in [-0.15, -0.1) is 0 Å². The fourth-order valence-corrected chi connectivity index (χ4v) is 6.73. The highest BCUT2D eigenvalue weighted by Crippen LogP contribution is 2.18. The summed E-state index contributed by atoms with van der Waals surface area (Å²) in [5, 5.41) is -0.588. The van der Waals surface area contributed by atoms with Crippen molar-refractivity contribution in [1.29, 1.82) is 0 Å². The van der Waals surface area contributed by atoms with Crippen LogP contribution in [0.3, 0.4) is 0 Å². The Morgan fingerprint density at radius 2 is 1.75 bits per heavy atom. The first-order valence-corrected chi connectivity index (χ1v) is 9.61. The van der Waals surface area contributed by atoms with Crippen molar-refractivity contribution in [3.63, 3.8) is 0 Å². The van der Waals surface area contributed by atoms with Gasteiger partial charge in [0.2, 0.25) is 8.32 Å². The predicted octanol–water partition coefficient (Wildman–Crippen LogP) is 1.02. The summed E-state index contributed by atoms with van der Waals surface area (Å²) >= 11 is 0. The van der Waals surface area contributed by atoms with E-state index >= 15 is 0 Å². The van der Waals surface area contributed by atoms with Gasteiger partial charge in [0.15, 0.2) is 9.04 Å². The van der Waals surface area contributed by atoms with Gasteiger partial charge in [0, 0.05) is 0 Å². The SMILES string of the molecule is CCC(N)(N)[Si](C)(C)O[Si](C)C. The molecule has 12 heavy (non-hydrogen) atoms. The molecule has 4 N–H and O–H groups in total. The van der Waals surface area contributed by atoms with Crippen LogP contribution >= 0.6 is 0 Å². The Labute approximate surface area is 78.3 Å². The molecular formula is C7H21N2OSi2. The smallest absolute Gasteiger partial charge is 0.208 e. The molecule has 0 aliphatic carbocycles. The Kier molecular flexibility index (Phi) is 4.12. The maximum absolute atomic E-state index is 5.97. The summed E-state index contributed by atoms with van der Waals surface area (Å²) in [4.78, 5) is 0. The number of rotatable bonds is 4. The summed E-state index contributed by atoms with van der Waals surface area (Å²) in [6, 6.07) is 0. The second kappa shape index (κ2) is 4.01. The molecule has 0 fully saturated rings. The molecule has 0 aliphatic rings. The van der Waals surface area contributed by atoms with Gasteiger partial charge in [-0.05, 0) is 32.6 Å². The lowest BCUT2D eigenvalue weighted by atomic mass is 10.4. The molecule has 0 saturated carbocycles. The van der Waals surface area contributed by atoms with Crippen LogP contribution in [0.5, 0.6) is 0 Å². The molecule has 0 saturated heterocycles. The molecule has 0 aliphatic heterocycles. The first kappa shape index (κ1) is 12.3. The highest BCUT2D eigenvalue weighted by atomic mass is 28.4. The maximum Gasteiger partial charge on any atom is 0.208 e. The van der Waals surface area contributed by atoms with Crippen molar-refractivity contribution in [1.82, 2.24) is 0 Å². The van der Waals surface area contributed by atoms with E-state index in [0.29, 0.717) is 0 Å². The largest absolute Gasteiger partial charge is 0.454 e. The second-order valence-electron chi connectivity index (χ2n) is 3.91. The molecule has 0 amide bonds. The van der Waals surface area contributed by atoms with Gasteiger partial charge in [0.05, 0.1) is 5.29 Å². The molecule has 0 aromatic carbocycles. The summed E-state index contributed by atoms with van der Waals surface area (Å²) in [6.45, 7) is 10.4. The molecule has 0 aromatic rings. The van der Waals surface area contributed by atoms with Crippen molar-refractivity contribution in [2.45, 2.75) is 44.8 Å². The molecule has 5 heteroatoms. The van der Waals surface area contributed by atoms with Gasteiger partial charge in [-0.3, -0.25) is 0 Å². The van der Waals surface area contributed by atoms with Crippen LogP contribution in [0.15, 0.2) is 0 Å². The minimum Gasteiger partial charge on any atom is -0.454 e. The first-order valence-electron chi connectivity index (χ1n) is 4.30. The molecule has 0 rings (SSSR count). The molecule has 0 unspecified atom stereocenters. The van der Waals surface area contributed by atoms with E-state index in [2.05, 4.69) is 26.2 Å². The standard InChI is InChI=1S/C7H21N2OSi2/c1-6-7(8,9)12(4,5)10-11(2)3/h6,8-9H2,1-5H3. The van der Waals surface area contributed by atoms with Crippen molar-refractivity contribution in [2.75, 3.05) is 0 Å². The van der Waals surface area contributed by atoms with Gasteiger partial charge in [-0.25, -0.2) is 0 Å². The fourth-order valence-electron chi connectivity index (χ4n) is 1.03. The normalized spacial score (nSPS) is 14.0. The van der Waals surface area contributed by atoms with Crippen LogP contribution in [0.25, 0.3) is 0 Å². The zero-order chi connectivity index (χ0) is 9.99. The molecule has 73 valence electrons. The van der Waals surface area contributed by atoms with Gasteiger partial charge in [-0.1, -0.05) is 6.92 Å². The molecule has 1 radical (unpaired) electrons. The summed E-state index contributed by atoms with van der Waals surface area (Å²) in [5.41, 5.74) is 11.9. The second-order valence-corrected chi connectivity index (χ2v) is 10.5. The Morgan fingerprint density at radius 3 is 2.00 bits per heavy atom. The van der Waals surface area contributed by atoms with E-state index in [1.807, 2.05) is 6.92 Å². The molecule has 0 bridgehead atoms. The van der Waals surface area contributed by atoms with Gasteiger partial charge >= 0.3 is 0 Å². The average Bonchev–Trinajstić information content (AvgIpc) is 1.84. The summed E-state index contributed by atoms with van der Waals surface area (Å²) in [7, 11) is -2.58. The Balaban J connectivity index is 4.37. The van der Waals surface area contributed by atoms with Crippen LogP contribution in [0, 0.1) is 0 Å². The zero-order valence-corrected chi connectivity index (χ0v) is 10.8. The van der Waals surface area contributed by atoms with E-state index in [-0.39, 0.29) is 0 Å². The molecular weight excluding hydrogens is 184 g/mol. The number of hydrogen-bond acceptors (Lipinski definition) is 3. The lowest BCUT2D eigenvalue weighted by Gasteiger charge is -2.39. The van der Waals surface area contributed by atoms with E-state index in [0.717, 1.165) is 6.42 Å². The van der Waals surface area contributed by atoms with E-state index in [4.69, 9.17) is 15.6 Å². The predicted molar refractivity (Wildman–Crippen MR) is 57.4 cm³/mol. The van der Waals surface area contributed by atoms with Crippen LogP contribution in [0.4, 0.5) is 0 Å². The third-order valence-corrected chi connectivity index (χ3v) is 8.43. The fraction of sp³-hybridized carbons (Fsp3) is 1.00. The monoisotopic (exact) mass is 205 g/mol. The Hall–Kier alpha value is 0.314. The number of hydrogen-bond donors (Lipinski definition) is 2. The van der Waals surface area contributed by atoms with Crippen molar-refractivity contribution in [3.05, 3.63) is 0 Å². The van der Waals surface area contributed by atoms with Crippen LogP contribution in [-0.4, -0.2) is 22.6 Å². The van der Waals surface area contributed by atoms with Crippen molar-refractivity contribution in [2.24, 2.45) is 11.5 Å². The Morgan fingerprint density at radius 1 is 1.33 bits per heavy atom. The van der Waals surface area contributed by atoms with E-state index in [1.54, 1.807) is 0 Å². The molecule has 0 heterocycles. The van der Waals surface area contributed by atoms with Crippen LogP contribution < -0.4 is 11.5 Å². The van der Waals surface area contributed by atoms with Crippen molar-refractivity contribution < 1.29 is 4.12 Å². The van der Waals surface area contributed by atoms with Crippen molar-refractivity contribution >= 4 is 17.4 Å². The zero-order valence-electron chi connectivity index (χ0n) is 8.77. The topological polar surface area (TPSA) is 61.3 Å². The van der Waals surface area contributed by atoms with Gasteiger partial charge in [-0.2, -0.15) is 0 Å². The molecule has 0 spiro atoms. The van der Waals surface area contributed by atoms with Crippen LogP contribution in [0.2, 0.25) is 26.2 Å². The highest BCUT2D eigenvalue weighted by molar-refractivity contribution is 6.80. The minimum atomic E-state index is -1.89. The third-order valence-electron chi connectivity index (χ3n) is 2.17. The highest BCUT2D eigenvalue weighted by Gasteiger charge is 2.41. The van der Waals surface area contributed by atoms with E-state index in [1.165, 1.54) is 0 Å². The quantitative estimate of drug-likeness (QED) is 0.532. The van der Waals surface area contributed by atoms with Gasteiger partial charge in [0.1, 0.15) is 0 Å².